The molecule has 0 amide bonds. The first-order chi connectivity index (χ1) is 10.2. The minimum absolute atomic E-state index is 0.343. The highest BCUT2D eigenvalue weighted by atomic mass is 16.5. The number of para-hydroxylation sites is 1. The van der Waals surface area contributed by atoms with Gasteiger partial charge in [-0.15, -0.1) is 0 Å². The van der Waals surface area contributed by atoms with Crippen molar-refractivity contribution in [1.82, 2.24) is 4.98 Å². The van der Waals surface area contributed by atoms with Crippen molar-refractivity contribution in [1.29, 1.82) is 0 Å². The van der Waals surface area contributed by atoms with Gasteiger partial charge in [0.25, 0.3) is 0 Å². The third-order valence-electron chi connectivity index (χ3n) is 2.92. The number of hydrogen-bond acceptors (Lipinski definition) is 5. The minimum Gasteiger partial charge on any atom is -0.477 e. The third-order valence-corrected chi connectivity index (χ3v) is 2.92. The maximum Gasteiger partial charge on any atom is 0.339 e. The van der Waals surface area contributed by atoms with Crippen molar-refractivity contribution >= 4 is 11.7 Å². The molecule has 5 heteroatoms. The van der Waals surface area contributed by atoms with Gasteiger partial charge in [0.1, 0.15) is 0 Å². The molecule has 1 aromatic heterocycles. The fourth-order valence-corrected chi connectivity index (χ4v) is 1.83. The van der Waals surface area contributed by atoms with Crippen molar-refractivity contribution in [2.24, 2.45) is 0 Å². The summed E-state index contributed by atoms with van der Waals surface area (Å²) in [5.41, 5.74) is 8.07. The Morgan fingerprint density at radius 3 is 2.71 bits per heavy atom. The maximum atomic E-state index is 11.5. The zero-order chi connectivity index (χ0) is 15.1. The van der Waals surface area contributed by atoms with Crippen molar-refractivity contribution in [3.63, 3.8) is 0 Å². The molecule has 2 rings (SSSR count). The number of carbonyl (C=O) groups excluding carboxylic acids is 1. The summed E-state index contributed by atoms with van der Waals surface area (Å²) in [5.74, 6) is 0.0890. The molecule has 0 aliphatic carbocycles. The predicted molar refractivity (Wildman–Crippen MR) is 80.2 cm³/mol. The quantitative estimate of drug-likeness (QED) is 0.652. The summed E-state index contributed by atoms with van der Waals surface area (Å²) >= 11 is 0. The first kappa shape index (κ1) is 14.8. The summed E-state index contributed by atoms with van der Waals surface area (Å²) in [6.07, 6.45) is 2.15. The van der Waals surface area contributed by atoms with Crippen LogP contribution in [0.25, 0.3) is 0 Å². The number of pyridine rings is 1. The van der Waals surface area contributed by atoms with Crippen molar-refractivity contribution in [2.45, 2.75) is 13.3 Å². The van der Waals surface area contributed by atoms with Gasteiger partial charge >= 0.3 is 5.97 Å². The number of aromatic nitrogens is 1. The average Bonchev–Trinajstić information content (AvgIpc) is 2.50. The molecule has 0 bridgehead atoms. The Balaban J connectivity index is 1.87. The summed E-state index contributed by atoms with van der Waals surface area (Å²) in [5, 5.41) is 0. The second-order valence-electron chi connectivity index (χ2n) is 4.40. The Morgan fingerprint density at radius 2 is 2.05 bits per heavy atom. The molecule has 0 saturated carbocycles. The lowest BCUT2D eigenvalue weighted by Crippen LogP contribution is -2.07. The van der Waals surface area contributed by atoms with E-state index in [0.29, 0.717) is 31.1 Å². The van der Waals surface area contributed by atoms with E-state index in [9.17, 15) is 4.79 Å². The van der Waals surface area contributed by atoms with Crippen molar-refractivity contribution in [3.8, 4) is 5.88 Å². The van der Waals surface area contributed by atoms with Crippen LogP contribution in [0.5, 0.6) is 5.88 Å². The van der Waals surface area contributed by atoms with Gasteiger partial charge < -0.3 is 15.2 Å². The second-order valence-corrected chi connectivity index (χ2v) is 4.40. The fourth-order valence-electron chi connectivity index (χ4n) is 1.83. The molecular weight excluding hydrogens is 268 g/mol. The fraction of sp³-hybridized carbons (Fsp3) is 0.250. The van der Waals surface area contributed by atoms with Gasteiger partial charge in [-0.25, -0.2) is 9.78 Å². The standard InChI is InChI=1S/C16H18N2O3/c1-2-20-16(19)13-7-8-15(18-11-13)21-10-9-12-5-3-4-6-14(12)17/h3-8,11H,2,9-10,17H2,1H3. The Kier molecular flexibility index (Phi) is 5.15. The van der Waals surface area contributed by atoms with Crippen LogP contribution < -0.4 is 10.5 Å². The SMILES string of the molecule is CCOC(=O)c1ccc(OCCc2ccccc2N)nc1. The smallest absolute Gasteiger partial charge is 0.339 e. The number of nitrogen functional groups attached to an aromatic ring is 1. The number of rotatable bonds is 6. The van der Waals surface area contributed by atoms with E-state index in [1.54, 1.807) is 19.1 Å². The van der Waals surface area contributed by atoms with E-state index in [2.05, 4.69) is 4.98 Å². The molecule has 1 aromatic carbocycles. The summed E-state index contributed by atoms with van der Waals surface area (Å²) < 4.78 is 10.4. The molecule has 0 atom stereocenters. The van der Waals surface area contributed by atoms with Crippen LogP contribution in [0.2, 0.25) is 0 Å². The van der Waals surface area contributed by atoms with Gasteiger partial charge in [0.15, 0.2) is 0 Å². The molecule has 21 heavy (non-hydrogen) atoms. The van der Waals surface area contributed by atoms with Gasteiger partial charge in [-0.3, -0.25) is 0 Å². The zero-order valence-corrected chi connectivity index (χ0v) is 11.9. The number of carbonyl (C=O) groups is 1. The van der Waals surface area contributed by atoms with Gasteiger partial charge in [0.05, 0.1) is 18.8 Å². The lowest BCUT2D eigenvalue weighted by Gasteiger charge is -2.07. The van der Waals surface area contributed by atoms with Crippen LogP contribution in [0.1, 0.15) is 22.8 Å². The van der Waals surface area contributed by atoms with Crippen LogP contribution in [-0.2, 0) is 11.2 Å². The minimum atomic E-state index is -0.381. The van der Waals surface area contributed by atoms with E-state index in [1.165, 1.54) is 6.20 Å². The lowest BCUT2D eigenvalue weighted by atomic mass is 10.1. The molecule has 0 spiro atoms. The highest BCUT2D eigenvalue weighted by Gasteiger charge is 2.07. The van der Waals surface area contributed by atoms with Crippen molar-refractivity contribution in [3.05, 3.63) is 53.7 Å². The van der Waals surface area contributed by atoms with E-state index in [0.717, 1.165) is 11.3 Å². The number of hydrogen-bond donors (Lipinski definition) is 1. The average molecular weight is 286 g/mol. The van der Waals surface area contributed by atoms with Crippen LogP contribution in [0.4, 0.5) is 5.69 Å². The maximum absolute atomic E-state index is 11.5. The number of nitrogens with two attached hydrogens (primary N) is 1. The molecule has 5 nitrogen and oxygen atoms in total. The largest absolute Gasteiger partial charge is 0.477 e. The monoisotopic (exact) mass is 286 g/mol. The third kappa shape index (κ3) is 4.21. The molecule has 110 valence electrons. The van der Waals surface area contributed by atoms with Crippen LogP contribution >= 0.6 is 0 Å². The Hall–Kier alpha value is -2.56. The summed E-state index contributed by atoms with van der Waals surface area (Å²) in [4.78, 5) is 15.6. The number of anilines is 1. The topological polar surface area (TPSA) is 74.4 Å². The van der Waals surface area contributed by atoms with Gasteiger partial charge in [-0.05, 0) is 24.6 Å². The first-order valence-electron chi connectivity index (χ1n) is 6.80. The second kappa shape index (κ2) is 7.28. The van der Waals surface area contributed by atoms with Gasteiger partial charge in [-0.2, -0.15) is 0 Å². The summed E-state index contributed by atoms with van der Waals surface area (Å²) in [7, 11) is 0. The molecule has 2 aromatic rings. The highest BCUT2D eigenvalue weighted by molar-refractivity contribution is 5.89. The van der Waals surface area contributed by atoms with Crippen LogP contribution in [0.15, 0.2) is 42.6 Å². The number of esters is 1. The van der Waals surface area contributed by atoms with Crippen LogP contribution in [0, 0.1) is 0 Å². The highest BCUT2D eigenvalue weighted by Crippen LogP contribution is 2.13. The molecule has 1 heterocycles. The lowest BCUT2D eigenvalue weighted by molar-refractivity contribution is 0.0526. The zero-order valence-electron chi connectivity index (χ0n) is 11.9. The van der Waals surface area contributed by atoms with E-state index in [1.807, 2.05) is 24.3 Å². The van der Waals surface area contributed by atoms with E-state index < -0.39 is 0 Å². The Labute approximate surface area is 123 Å². The van der Waals surface area contributed by atoms with Gasteiger partial charge in [-0.1, -0.05) is 18.2 Å². The molecule has 0 fully saturated rings. The summed E-state index contributed by atoms with van der Waals surface area (Å²) in [6.45, 7) is 2.58. The Morgan fingerprint density at radius 1 is 1.24 bits per heavy atom. The number of nitrogens with zero attached hydrogens (tertiary/aromatic N) is 1. The van der Waals surface area contributed by atoms with Crippen molar-refractivity contribution in [2.75, 3.05) is 18.9 Å². The Bertz CT molecular complexity index is 597. The van der Waals surface area contributed by atoms with Gasteiger partial charge in [0, 0.05) is 24.4 Å². The molecular formula is C16H18N2O3. The molecule has 0 unspecified atom stereocenters. The predicted octanol–water partition coefficient (Wildman–Crippen LogP) is 2.46. The summed E-state index contributed by atoms with van der Waals surface area (Å²) in [6, 6.07) is 11.0. The molecule has 0 aliphatic heterocycles. The number of ether oxygens (including phenoxy) is 2. The van der Waals surface area contributed by atoms with Gasteiger partial charge in [0.2, 0.25) is 5.88 Å². The van der Waals surface area contributed by atoms with Crippen LogP contribution in [-0.4, -0.2) is 24.2 Å². The molecule has 0 saturated heterocycles. The molecule has 0 aliphatic rings. The van der Waals surface area contributed by atoms with Crippen LogP contribution in [0.3, 0.4) is 0 Å². The van der Waals surface area contributed by atoms with E-state index in [4.69, 9.17) is 15.2 Å². The molecule has 0 radical (unpaired) electrons. The van der Waals surface area contributed by atoms with E-state index >= 15 is 0 Å². The number of benzene rings is 1. The van der Waals surface area contributed by atoms with E-state index in [-0.39, 0.29) is 5.97 Å². The normalized spacial score (nSPS) is 10.1. The first-order valence-corrected chi connectivity index (χ1v) is 6.80. The van der Waals surface area contributed by atoms with Crippen molar-refractivity contribution < 1.29 is 14.3 Å². The molecule has 2 N–H and O–H groups in total.